The number of thioether (sulfide) groups is 1. The summed E-state index contributed by atoms with van der Waals surface area (Å²) in [6, 6.07) is 5.80. The quantitative estimate of drug-likeness (QED) is 0.438. The third kappa shape index (κ3) is 3.57. The molecule has 0 saturated carbocycles. The van der Waals surface area contributed by atoms with E-state index in [2.05, 4.69) is 15.0 Å². The predicted octanol–water partition coefficient (Wildman–Crippen LogP) is 5.51. The van der Waals surface area contributed by atoms with Gasteiger partial charge in [-0.15, -0.1) is 11.3 Å². The topological polar surface area (TPSA) is 71.8 Å². The second-order valence-electron chi connectivity index (χ2n) is 5.90. The zero-order valence-electron chi connectivity index (χ0n) is 14.3. The van der Waals surface area contributed by atoms with E-state index in [0.29, 0.717) is 32.4 Å². The van der Waals surface area contributed by atoms with Gasteiger partial charge in [-0.25, -0.2) is 9.97 Å². The maximum Gasteiger partial charge on any atom is 0.417 e. The van der Waals surface area contributed by atoms with Crippen LogP contribution in [0.3, 0.4) is 0 Å². The third-order valence-corrected chi connectivity index (χ3v) is 5.93. The Morgan fingerprint density at radius 3 is 2.75 bits per heavy atom. The summed E-state index contributed by atoms with van der Waals surface area (Å²) < 4.78 is 43.3. The van der Waals surface area contributed by atoms with E-state index in [-0.39, 0.29) is 10.8 Å². The molecule has 1 unspecified atom stereocenters. The molecule has 28 heavy (non-hydrogen) atoms. The minimum absolute atomic E-state index is 0.291. The summed E-state index contributed by atoms with van der Waals surface area (Å²) in [7, 11) is 0. The Morgan fingerprint density at radius 2 is 2.11 bits per heavy atom. The van der Waals surface area contributed by atoms with Crippen molar-refractivity contribution in [3.63, 3.8) is 0 Å². The molecule has 0 radical (unpaired) electrons. The van der Waals surface area contributed by atoms with Crippen LogP contribution in [-0.2, 0) is 6.18 Å². The molecule has 144 valence electrons. The predicted molar refractivity (Wildman–Crippen MR) is 101 cm³/mol. The van der Waals surface area contributed by atoms with Gasteiger partial charge in [-0.2, -0.15) is 13.2 Å². The first-order chi connectivity index (χ1) is 13.3. The van der Waals surface area contributed by atoms with E-state index in [1.807, 2.05) is 5.38 Å². The Kier molecular flexibility index (Phi) is 4.76. The number of fused-ring (bicyclic) bond motifs is 1. The number of aromatic nitrogens is 3. The van der Waals surface area contributed by atoms with Crippen LogP contribution >= 0.6 is 23.1 Å². The lowest BCUT2D eigenvalue weighted by atomic mass is 10.2. The van der Waals surface area contributed by atoms with Crippen LogP contribution in [0.1, 0.15) is 23.6 Å². The summed E-state index contributed by atoms with van der Waals surface area (Å²) in [5.41, 5.74) is -0.419. The molecule has 4 aromatic rings. The van der Waals surface area contributed by atoms with E-state index in [9.17, 15) is 18.0 Å². The van der Waals surface area contributed by atoms with Crippen LogP contribution in [0.15, 0.2) is 56.3 Å². The molecule has 0 aromatic carbocycles. The lowest BCUT2D eigenvalue weighted by molar-refractivity contribution is -0.137. The van der Waals surface area contributed by atoms with E-state index >= 15 is 0 Å². The number of rotatable bonds is 4. The van der Waals surface area contributed by atoms with Gasteiger partial charge in [-0.05, 0) is 31.2 Å². The number of furan rings is 1. The lowest BCUT2D eigenvalue weighted by Gasteiger charge is -2.11. The third-order valence-electron chi connectivity index (χ3n) is 4.00. The molecule has 1 atom stereocenters. The zero-order valence-corrected chi connectivity index (χ0v) is 15.9. The van der Waals surface area contributed by atoms with Crippen LogP contribution in [0.25, 0.3) is 21.5 Å². The Balaban J connectivity index is 1.61. The molecule has 4 aromatic heterocycles. The summed E-state index contributed by atoms with van der Waals surface area (Å²) in [6.07, 6.45) is -2.10. The Bertz CT molecular complexity index is 1170. The molecule has 0 amide bonds. The van der Waals surface area contributed by atoms with Crippen LogP contribution in [0.5, 0.6) is 0 Å². The van der Waals surface area contributed by atoms with E-state index in [4.69, 9.17) is 4.42 Å². The van der Waals surface area contributed by atoms with Crippen LogP contribution < -0.4 is 5.56 Å². The average Bonchev–Trinajstić information content (AvgIpc) is 3.30. The molecule has 0 fully saturated rings. The standard InChI is InChI=1S/C18H12F3N3O2S2/c1-9(28-13-5-4-10(7-22-13)18(19,20)21)15-23-16(25)14-11(8-27-17(14)24-15)12-3-2-6-26-12/h2-9H,1H3,(H,23,24,25). The van der Waals surface area contributed by atoms with Crippen molar-refractivity contribution < 1.29 is 17.6 Å². The van der Waals surface area contributed by atoms with Gasteiger partial charge < -0.3 is 9.40 Å². The molecule has 0 saturated heterocycles. The highest BCUT2D eigenvalue weighted by molar-refractivity contribution is 7.99. The van der Waals surface area contributed by atoms with E-state index in [1.165, 1.54) is 35.4 Å². The number of nitrogens with one attached hydrogen (secondary N) is 1. The first-order valence-electron chi connectivity index (χ1n) is 8.08. The first-order valence-corrected chi connectivity index (χ1v) is 9.84. The minimum atomic E-state index is -4.43. The number of aromatic amines is 1. The number of halogens is 3. The molecule has 5 nitrogen and oxygen atoms in total. The van der Waals surface area contributed by atoms with Gasteiger partial charge in [0.2, 0.25) is 0 Å². The Morgan fingerprint density at radius 1 is 1.29 bits per heavy atom. The van der Waals surface area contributed by atoms with Crippen LogP contribution in [-0.4, -0.2) is 15.0 Å². The second kappa shape index (κ2) is 7.10. The van der Waals surface area contributed by atoms with Gasteiger partial charge in [0, 0.05) is 17.1 Å². The van der Waals surface area contributed by atoms with Crippen molar-refractivity contribution in [2.24, 2.45) is 0 Å². The summed E-state index contributed by atoms with van der Waals surface area (Å²) in [4.78, 5) is 24.3. The molecule has 0 spiro atoms. The molecular formula is C18H12F3N3O2S2. The van der Waals surface area contributed by atoms with Crippen molar-refractivity contribution in [1.82, 2.24) is 15.0 Å². The smallest absolute Gasteiger partial charge is 0.417 e. The van der Waals surface area contributed by atoms with Crippen molar-refractivity contribution >= 4 is 33.3 Å². The fourth-order valence-electron chi connectivity index (χ4n) is 2.63. The number of nitrogens with zero attached hydrogens (tertiary/aromatic N) is 2. The van der Waals surface area contributed by atoms with Gasteiger partial charge in [0.15, 0.2) is 0 Å². The number of alkyl halides is 3. The number of hydrogen-bond donors (Lipinski definition) is 1. The number of thiophene rings is 1. The highest BCUT2D eigenvalue weighted by atomic mass is 32.2. The van der Waals surface area contributed by atoms with Crippen molar-refractivity contribution in [2.75, 3.05) is 0 Å². The van der Waals surface area contributed by atoms with E-state index < -0.39 is 11.7 Å². The van der Waals surface area contributed by atoms with Crippen molar-refractivity contribution in [3.05, 3.63) is 63.8 Å². The van der Waals surface area contributed by atoms with Gasteiger partial charge >= 0.3 is 6.18 Å². The van der Waals surface area contributed by atoms with Crippen LogP contribution in [0.2, 0.25) is 0 Å². The summed E-state index contributed by atoms with van der Waals surface area (Å²) in [5.74, 6) is 1.01. The van der Waals surface area contributed by atoms with Crippen molar-refractivity contribution in [2.45, 2.75) is 23.4 Å². The van der Waals surface area contributed by atoms with Crippen LogP contribution in [0.4, 0.5) is 13.2 Å². The fraction of sp³-hybridized carbons (Fsp3) is 0.167. The minimum Gasteiger partial charge on any atom is -0.464 e. The van der Waals surface area contributed by atoms with E-state index in [1.54, 1.807) is 19.1 Å². The van der Waals surface area contributed by atoms with Gasteiger partial charge in [0.25, 0.3) is 5.56 Å². The van der Waals surface area contributed by atoms with Gasteiger partial charge in [0.1, 0.15) is 16.4 Å². The fourth-order valence-corrected chi connectivity index (χ4v) is 4.41. The molecule has 0 bridgehead atoms. The molecular weight excluding hydrogens is 411 g/mol. The molecule has 0 aliphatic carbocycles. The molecule has 4 heterocycles. The molecule has 0 aliphatic heterocycles. The number of hydrogen-bond acceptors (Lipinski definition) is 6. The van der Waals surface area contributed by atoms with Crippen molar-refractivity contribution in [1.29, 1.82) is 0 Å². The molecule has 4 rings (SSSR count). The van der Waals surface area contributed by atoms with E-state index in [0.717, 1.165) is 12.3 Å². The number of H-pyrrole nitrogens is 1. The lowest BCUT2D eigenvalue weighted by Crippen LogP contribution is -2.12. The zero-order chi connectivity index (χ0) is 19.9. The molecule has 0 aliphatic rings. The highest BCUT2D eigenvalue weighted by Crippen LogP contribution is 2.36. The maximum absolute atomic E-state index is 12.6. The highest BCUT2D eigenvalue weighted by Gasteiger charge is 2.30. The molecule has 1 N–H and O–H groups in total. The molecule has 10 heteroatoms. The second-order valence-corrected chi connectivity index (χ2v) is 8.12. The largest absolute Gasteiger partial charge is 0.464 e. The Hall–Kier alpha value is -2.59. The van der Waals surface area contributed by atoms with Gasteiger partial charge in [0.05, 0.1) is 27.5 Å². The first kappa shape index (κ1) is 18.8. The average molecular weight is 423 g/mol. The summed E-state index contributed by atoms with van der Waals surface area (Å²) in [6.45, 7) is 1.80. The summed E-state index contributed by atoms with van der Waals surface area (Å²) in [5, 5.41) is 2.36. The SMILES string of the molecule is CC(Sc1ccc(C(F)(F)F)cn1)c1nc2scc(-c3ccco3)c2c(=O)[nH]1. The number of pyridine rings is 1. The monoisotopic (exact) mass is 423 g/mol. The normalized spacial score (nSPS) is 13.1. The van der Waals surface area contributed by atoms with Crippen molar-refractivity contribution in [3.8, 4) is 11.3 Å². The van der Waals surface area contributed by atoms with Gasteiger partial charge in [-0.1, -0.05) is 11.8 Å². The van der Waals surface area contributed by atoms with Gasteiger partial charge in [-0.3, -0.25) is 4.79 Å². The Labute approximate surface area is 164 Å². The van der Waals surface area contributed by atoms with Crippen LogP contribution in [0, 0.1) is 0 Å². The maximum atomic E-state index is 12.6. The summed E-state index contributed by atoms with van der Waals surface area (Å²) >= 11 is 2.54.